The van der Waals surface area contributed by atoms with E-state index in [4.69, 9.17) is 0 Å². The highest BCUT2D eigenvalue weighted by molar-refractivity contribution is 14.0. The number of rotatable bonds is 13. The van der Waals surface area contributed by atoms with Crippen molar-refractivity contribution >= 4 is 40.0 Å². The number of aliphatic imine (C=N–C) groups is 1. The molecule has 0 spiro atoms. The smallest absolute Gasteiger partial charge is 0.211 e. The molecule has 0 amide bonds. The molecule has 0 fully saturated rings. The quantitative estimate of drug-likeness (QED) is 0.136. The van der Waals surface area contributed by atoms with Crippen molar-refractivity contribution in [3.8, 4) is 0 Å². The molecule has 0 heterocycles. The summed E-state index contributed by atoms with van der Waals surface area (Å²) in [6.45, 7) is 10.6. The lowest BCUT2D eigenvalue weighted by atomic mass is 9.79. The van der Waals surface area contributed by atoms with Crippen molar-refractivity contribution in [2.24, 2.45) is 10.4 Å². The lowest BCUT2D eigenvalue weighted by Crippen LogP contribution is -2.40. The lowest BCUT2D eigenvalue weighted by molar-refractivity contribution is 0.175. The number of halogens is 1. The van der Waals surface area contributed by atoms with Gasteiger partial charge in [0.15, 0.2) is 5.96 Å². The van der Waals surface area contributed by atoms with Crippen molar-refractivity contribution in [3.63, 3.8) is 0 Å². The summed E-state index contributed by atoms with van der Waals surface area (Å²) in [4.78, 5) is 4.65. The van der Waals surface area contributed by atoms with Gasteiger partial charge in [0.05, 0.1) is 5.75 Å². The molecule has 0 unspecified atom stereocenters. The van der Waals surface area contributed by atoms with Gasteiger partial charge < -0.3 is 15.7 Å². The third-order valence-electron chi connectivity index (χ3n) is 4.41. The van der Waals surface area contributed by atoms with Crippen LogP contribution in [0.2, 0.25) is 0 Å². The van der Waals surface area contributed by atoms with E-state index in [9.17, 15) is 13.5 Å². The molecule has 9 heteroatoms. The molecular formula is C16H37IN4O3S. The summed E-state index contributed by atoms with van der Waals surface area (Å²) in [6.07, 6.45) is 3.40. The zero-order valence-electron chi connectivity index (χ0n) is 16.1. The number of aliphatic hydroxyl groups excluding tert-OH is 1. The summed E-state index contributed by atoms with van der Waals surface area (Å²) in [5.74, 6) is 0.839. The van der Waals surface area contributed by atoms with Gasteiger partial charge in [0.1, 0.15) is 0 Å². The van der Waals surface area contributed by atoms with Crippen LogP contribution in [0, 0.1) is 5.41 Å². The summed E-state index contributed by atoms with van der Waals surface area (Å²) >= 11 is 0. The van der Waals surface area contributed by atoms with Gasteiger partial charge in [-0.2, -0.15) is 0 Å². The topological polar surface area (TPSA) is 103 Å². The van der Waals surface area contributed by atoms with Crippen LogP contribution in [0.3, 0.4) is 0 Å². The highest BCUT2D eigenvalue weighted by atomic mass is 127. The molecule has 0 aliphatic carbocycles. The van der Waals surface area contributed by atoms with Crippen LogP contribution in [0.5, 0.6) is 0 Å². The molecule has 0 rings (SSSR count). The summed E-state index contributed by atoms with van der Waals surface area (Å²) in [5.41, 5.74) is 0.0356. The number of nitrogens with one attached hydrogen (secondary N) is 3. The Morgan fingerprint density at radius 1 is 1.08 bits per heavy atom. The Morgan fingerprint density at radius 2 is 1.72 bits per heavy atom. The standard InChI is InChI=1S/C16H36N4O3S.HI/c1-5-16(6-2,10-13-21)14-19-15(17-7-3)18-11-9-12-20-24(22,23)8-4;/h20-21H,5-14H2,1-4H3,(H2,17,18,19);1H. The average molecular weight is 492 g/mol. The average Bonchev–Trinajstić information content (AvgIpc) is 2.58. The van der Waals surface area contributed by atoms with Crippen LogP contribution < -0.4 is 15.4 Å². The maximum atomic E-state index is 11.4. The predicted octanol–water partition coefficient (Wildman–Crippen LogP) is 1.68. The fourth-order valence-electron chi connectivity index (χ4n) is 2.36. The van der Waals surface area contributed by atoms with Crippen molar-refractivity contribution in [3.05, 3.63) is 0 Å². The fraction of sp³-hybridized carbons (Fsp3) is 0.938. The first-order valence-corrected chi connectivity index (χ1v) is 10.6. The van der Waals surface area contributed by atoms with E-state index in [-0.39, 0.29) is 41.8 Å². The van der Waals surface area contributed by atoms with Crippen molar-refractivity contribution in [1.82, 2.24) is 15.4 Å². The van der Waals surface area contributed by atoms with Crippen molar-refractivity contribution < 1.29 is 13.5 Å². The summed E-state index contributed by atoms with van der Waals surface area (Å²) in [5, 5.41) is 15.7. The van der Waals surface area contributed by atoms with Gasteiger partial charge in [0.25, 0.3) is 0 Å². The van der Waals surface area contributed by atoms with Crippen molar-refractivity contribution in [2.45, 2.75) is 53.4 Å². The Kier molecular flexibility index (Phi) is 16.2. The second-order valence-electron chi connectivity index (χ2n) is 5.95. The van der Waals surface area contributed by atoms with E-state index >= 15 is 0 Å². The van der Waals surface area contributed by atoms with Crippen LogP contribution >= 0.6 is 24.0 Å². The molecule has 25 heavy (non-hydrogen) atoms. The maximum absolute atomic E-state index is 11.4. The monoisotopic (exact) mass is 492 g/mol. The molecule has 0 atom stereocenters. The van der Waals surface area contributed by atoms with E-state index in [2.05, 4.69) is 34.2 Å². The molecule has 0 aromatic heterocycles. The first-order chi connectivity index (χ1) is 11.4. The van der Waals surface area contributed by atoms with Crippen LogP contribution in [0.1, 0.15) is 53.4 Å². The van der Waals surface area contributed by atoms with Crippen LogP contribution in [-0.2, 0) is 10.0 Å². The van der Waals surface area contributed by atoms with Gasteiger partial charge >= 0.3 is 0 Å². The van der Waals surface area contributed by atoms with Gasteiger partial charge in [-0.1, -0.05) is 13.8 Å². The van der Waals surface area contributed by atoms with Crippen molar-refractivity contribution in [1.29, 1.82) is 0 Å². The van der Waals surface area contributed by atoms with Crippen LogP contribution in [0.15, 0.2) is 4.99 Å². The molecule has 0 aliphatic heterocycles. The van der Waals surface area contributed by atoms with Gasteiger partial charge in [-0.3, -0.25) is 4.99 Å². The lowest BCUT2D eigenvalue weighted by Gasteiger charge is -2.29. The van der Waals surface area contributed by atoms with Crippen molar-refractivity contribution in [2.75, 3.05) is 38.5 Å². The Balaban J connectivity index is 0. The number of guanidine groups is 1. The SMILES string of the molecule is CCNC(=NCC(CC)(CC)CCO)NCCCNS(=O)(=O)CC.I. The van der Waals surface area contributed by atoms with E-state index in [0.29, 0.717) is 26.1 Å². The van der Waals surface area contributed by atoms with Gasteiger partial charge in [0, 0.05) is 32.8 Å². The maximum Gasteiger partial charge on any atom is 0.211 e. The first kappa shape index (κ1) is 27.1. The molecule has 0 aromatic carbocycles. The molecular weight excluding hydrogens is 455 g/mol. The Hall–Kier alpha value is -0.130. The minimum absolute atomic E-state index is 0. The molecule has 152 valence electrons. The summed E-state index contributed by atoms with van der Waals surface area (Å²) in [6, 6.07) is 0. The number of aliphatic hydroxyl groups is 1. The Labute approximate surface area is 170 Å². The highest BCUT2D eigenvalue weighted by Gasteiger charge is 2.25. The second kappa shape index (κ2) is 15.0. The number of sulfonamides is 1. The Morgan fingerprint density at radius 3 is 2.20 bits per heavy atom. The van der Waals surface area contributed by atoms with E-state index < -0.39 is 10.0 Å². The van der Waals surface area contributed by atoms with Gasteiger partial charge in [0.2, 0.25) is 10.0 Å². The molecule has 0 radical (unpaired) electrons. The van der Waals surface area contributed by atoms with Gasteiger partial charge in [-0.05, 0) is 44.9 Å². The van der Waals surface area contributed by atoms with Crippen LogP contribution in [0.25, 0.3) is 0 Å². The minimum atomic E-state index is -3.12. The normalized spacial score (nSPS) is 12.6. The number of nitrogens with zero attached hydrogens (tertiary/aromatic N) is 1. The van der Waals surface area contributed by atoms with E-state index in [1.807, 2.05) is 6.92 Å². The first-order valence-electron chi connectivity index (χ1n) is 8.99. The number of hydrogen-bond acceptors (Lipinski definition) is 4. The molecule has 7 nitrogen and oxygen atoms in total. The third-order valence-corrected chi connectivity index (χ3v) is 5.81. The molecule has 4 N–H and O–H groups in total. The van der Waals surface area contributed by atoms with E-state index in [1.165, 1.54) is 0 Å². The van der Waals surface area contributed by atoms with Crippen LogP contribution in [0.4, 0.5) is 0 Å². The predicted molar refractivity (Wildman–Crippen MR) is 116 cm³/mol. The van der Waals surface area contributed by atoms with Gasteiger partial charge in [-0.25, -0.2) is 13.1 Å². The van der Waals surface area contributed by atoms with Gasteiger partial charge in [-0.15, -0.1) is 24.0 Å². The largest absolute Gasteiger partial charge is 0.396 e. The molecule has 0 aromatic rings. The third kappa shape index (κ3) is 12.0. The van der Waals surface area contributed by atoms with E-state index in [0.717, 1.165) is 31.8 Å². The van der Waals surface area contributed by atoms with E-state index in [1.54, 1.807) is 6.92 Å². The molecule has 0 saturated heterocycles. The second-order valence-corrected chi connectivity index (χ2v) is 8.05. The summed E-state index contributed by atoms with van der Waals surface area (Å²) in [7, 11) is -3.12. The Bertz CT molecular complexity index is 454. The molecule has 0 aliphatic rings. The molecule has 0 bridgehead atoms. The highest BCUT2D eigenvalue weighted by Crippen LogP contribution is 2.30. The zero-order chi connectivity index (χ0) is 18.5. The summed E-state index contributed by atoms with van der Waals surface area (Å²) < 4.78 is 25.3. The van der Waals surface area contributed by atoms with Crippen LogP contribution in [-0.4, -0.2) is 58.0 Å². The fourth-order valence-corrected chi connectivity index (χ4v) is 3.02. The minimum Gasteiger partial charge on any atom is -0.396 e. The zero-order valence-corrected chi connectivity index (χ0v) is 19.2. The number of hydrogen-bond donors (Lipinski definition) is 4. The molecule has 0 saturated carbocycles.